The number of rotatable bonds is 6. The molecule has 1 unspecified atom stereocenters. The van der Waals surface area contributed by atoms with Gasteiger partial charge in [0.05, 0.1) is 41.2 Å². The van der Waals surface area contributed by atoms with Gasteiger partial charge in [0, 0.05) is 42.5 Å². The highest BCUT2D eigenvalue weighted by Gasteiger charge is 2.37. The molecule has 0 saturated carbocycles. The zero-order valence-electron chi connectivity index (χ0n) is 21.2. The molecule has 1 aromatic carbocycles. The summed E-state index contributed by atoms with van der Waals surface area (Å²) in [6.45, 7) is 4.11. The van der Waals surface area contributed by atoms with Gasteiger partial charge in [0.25, 0.3) is 5.91 Å². The van der Waals surface area contributed by atoms with E-state index in [0.717, 1.165) is 41.0 Å². The summed E-state index contributed by atoms with van der Waals surface area (Å²) in [7, 11) is 0. The number of aliphatic hydroxyl groups is 1. The smallest absolute Gasteiger partial charge is 0.253 e. The van der Waals surface area contributed by atoms with Crippen LogP contribution in [0.4, 0.5) is 10.2 Å². The molecule has 3 atom stereocenters. The second-order valence-corrected chi connectivity index (χ2v) is 10.1. The summed E-state index contributed by atoms with van der Waals surface area (Å²) in [6, 6.07) is 7.10. The highest BCUT2D eigenvalue weighted by molar-refractivity contribution is 6.33. The summed E-state index contributed by atoms with van der Waals surface area (Å²) < 4.78 is 19.4. The Kier molecular flexibility index (Phi) is 7.00. The second kappa shape index (κ2) is 10.6. The fourth-order valence-electron chi connectivity index (χ4n) is 5.33. The Hall–Kier alpha value is -3.48. The number of anilines is 1. The number of amides is 1. The Bertz CT molecular complexity index is 1380. The number of pyridine rings is 1. The highest BCUT2D eigenvalue weighted by atomic mass is 35.5. The first-order valence-electron chi connectivity index (χ1n) is 12.9. The van der Waals surface area contributed by atoms with Crippen LogP contribution < -0.4 is 26.5 Å². The van der Waals surface area contributed by atoms with Gasteiger partial charge in [-0.25, -0.2) is 20.2 Å². The number of carbonyl (C=O) groups is 1. The van der Waals surface area contributed by atoms with Gasteiger partial charge in [-0.3, -0.25) is 15.2 Å². The van der Waals surface area contributed by atoms with Crippen molar-refractivity contribution in [3.8, 4) is 0 Å². The topological polar surface area (TPSA) is 114 Å². The van der Waals surface area contributed by atoms with E-state index in [1.54, 1.807) is 0 Å². The van der Waals surface area contributed by atoms with Crippen molar-refractivity contribution in [3.63, 3.8) is 0 Å². The lowest BCUT2D eigenvalue weighted by Crippen LogP contribution is -2.54. The lowest BCUT2D eigenvalue weighted by Gasteiger charge is -2.37. The maximum Gasteiger partial charge on any atom is 0.253 e. The van der Waals surface area contributed by atoms with Gasteiger partial charge >= 0.3 is 0 Å². The number of hydrazine groups is 2. The van der Waals surface area contributed by atoms with Crippen LogP contribution in [0.15, 0.2) is 65.8 Å². The van der Waals surface area contributed by atoms with E-state index in [2.05, 4.69) is 21.6 Å². The van der Waals surface area contributed by atoms with Crippen LogP contribution in [0.25, 0.3) is 5.57 Å². The number of nitrogens with one attached hydrogen (secondary N) is 4. The maximum absolute atomic E-state index is 13.6. The molecule has 0 bridgehead atoms. The number of hydrogen-bond donors (Lipinski definition) is 5. The Morgan fingerprint density at radius 3 is 2.97 bits per heavy atom. The van der Waals surface area contributed by atoms with E-state index < -0.39 is 23.9 Å². The number of aliphatic hydroxyl groups excluding tert-OH is 1. The van der Waals surface area contributed by atoms with Crippen molar-refractivity contribution in [2.75, 3.05) is 31.1 Å². The van der Waals surface area contributed by atoms with Gasteiger partial charge in [-0.05, 0) is 49.8 Å². The standard InChI is InChI=1S/C27H29ClFN7O3/c1-2-39-17-10-18(25-20-12-31-33-26(20)34-36(25)13-17)15-3-6-24(30-11-15)35-8-7-22(23(37)14-35)32-27(38)19-9-16(29)4-5-21(19)28/h3-6,9-11,13,22-23,26,31,33-34,37H,2,7-8,12,14H2,1H3,(H,32,38)/t22-,23-,26?/m0/s1. The zero-order valence-corrected chi connectivity index (χ0v) is 22.0. The number of carbonyl (C=O) groups excluding carboxylic acids is 1. The Morgan fingerprint density at radius 2 is 2.21 bits per heavy atom. The number of β-amino-alcohol motifs (C(OH)–C–C–N with tert-alkyl or cyclic N) is 1. The minimum absolute atomic E-state index is 0.00748. The van der Waals surface area contributed by atoms with Crippen LogP contribution in [-0.4, -0.2) is 65.6 Å². The average Bonchev–Trinajstić information content (AvgIpc) is 3.52. The van der Waals surface area contributed by atoms with Gasteiger partial charge in [-0.2, -0.15) is 0 Å². The molecule has 2 fully saturated rings. The van der Waals surface area contributed by atoms with Crippen molar-refractivity contribution in [1.82, 2.24) is 31.6 Å². The first-order chi connectivity index (χ1) is 18.9. The lowest BCUT2D eigenvalue weighted by molar-refractivity contribution is 0.0797. The van der Waals surface area contributed by atoms with Crippen LogP contribution in [0.1, 0.15) is 29.3 Å². The highest BCUT2D eigenvalue weighted by Crippen LogP contribution is 2.38. The van der Waals surface area contributed by atoms with Gasteiger partial charge in [-0.15, -0.1) is 0 Å². The molecule has 204 valence electrons. The predicted molar refractivity (Wildman–Crippen MR) is 144 cm³/mol. The van der Waals surface area contributed by atoms with Gasteiger partial charge in [0.1, 0.15) is 23.6 Å². The lowest BCUT2D eigenvalue weighted by atomic mass is 9.97. The average molecular weight is 554 g/mol. The molecular formula is C27H29ClFN7O3. The third-order valence-electron chi connectivity index (χ3n) is 7.25. The van der Waals surface area contributed by atoms with Crippen LogP contribution in [0.3, 0.4) is 0 Å². The number of hydrogen-bond acceptors (Lipinski definition) is 9. The fourth-order valence-corrected chi connectivity index (χ4v) is 5.53. The van der Waals surface area contributed by atoms with Crippen LogP contribution in [0.5, 0.6) is 0 Å². The number of allylic oxidation sites excluding steroid dienone is 2. The molecule has 1 amide bonds. The molecule has 0 radical (unpaired) electrons. The van der Waals surface area contributed by atoms with Crippen LogP contribution in [0.2, 0.25) is 5.02 Å². The van der Waals surface area contributed by atoms with Crippen molar-refractivity contribution in [1.29, 1.82) is 0 Å². The van der Waals surface area contributed by atoms with Gasteiger partial charge in [0.15, 0.2) is 0 Å². The molecule has 2 aromatic rings. The molecule has 2 saturated heterocycles. The molecule has 4 aliphatic rings. The molecule has 4 aliphatic heterocycles. The second-order valence-electron chi connectivity index (χ2n) is 9.74. The normalized spacial score (nSPS) is 24.3. The minimum atomic E-state index is -0.833. The summed E-state index contributed by atoms with van der Waals surface area (Å²) in [4.78, 5) is 19.3. The van der Waals surface area contributed by atoms with E-state index in [4.69, 9.17) is 21.3 Å². The van der Waals surface area contributed by atoms with Crippen LogP contribution in [-0.2, 0) is 4.74 Å². The van der Waals surface area contributed by atoms with Gasteiger partial charge < -0.3 is 20.1 Å². The van der Waals surface area contributed by atoms with E-state index in [-0.39, 0.29) is 16.8 Å². The van der Waals surface area contributed by atoms with Crippen molar-refractivity contribution in [2.24, 2.45) is 0 Å². The summed E-state index contributed by atoms with van der Waals surface area (Å²) in [6.07, 6.45) is 5.48. The quantitative estimate of drug-likeness (QED) is 0.367. The van der Waals surface area contributed by atoms with Gasteiger partial charge in [0.2, 0.25) is 0 Å². The van der Waals surface area contributed by atoms with Crippen molar-refractivity contribution in [3.05, 3.63) is 87.8 Å². The molecule has 0 aliphatic carbocycles. The van der Waals surface area contributed by atoms with Crippen molar-refractivity contribution >= 4 is 28.9 Å². The molecule has 5 N–H and O–H groups in total. The molecular weight excluding hydrogens is 525 g/mol. The predicted octanol–water partition coefficient (Wildman–Crippen LogP) is 2.03. The summed E-state index contributed by atoms with van der Waals surface area (Å²) >= 11 is 6.06. The maximum atomic E-state index is 13.6. The number of piperidine rings is 1. The Morgan fingerprint density at radius 1 is 1.33 bits per heavy atom. The monoisotopic (exact) mass is 553 g/mol. The SMILES string of the molecule is CCOC1=CN2NC3NNCC3=C2C(c2ccc(N3CC[C@H](NC(=O)c4cc(F)ccc4Cl)[C@@H](O)C3)nc2)=C1. The molecule has 10 nitrogen and oxygen atoms in total. The van der Waals surface area contributed by atoms with E-state index in [1.807, 2.05) is 47.4 Å². The number of halogens is 2. The molecule has 5 heterocycles. The molecule has 0 spiro atoms. The van der Waals surface area contributed by atoms with E-state index >= 15 is 0 Å². The first kappa shape index (κ1) is 25.8. The van der Waals surface area contributed by atoms with Crippen molar-refractivity contribution in [2.45, 2.75) is 31.7 Å². The van der Waals surface area contributed by atoms with Crippen LogP contribution >= 0.6 is 11.6 Å². The largest absolute Gasteiger partial charge is 0.492 e. The van der Waals surface area contributed by atoms with E-state index in [9.17, 15) is 14.3 Å². The number of ether oxygens (including phenoxy) is 1. The third-order valence-corrected chi connectivity index (χ3v) is 7.58. The van der Waals surface area contributed by atoms with E-state index in [0.29, 0.717) is 26.1 Å². The van der Waals surface area contributed by atoms with Crippen molar-refractivity contribution < 1.29 is 19.0 Å². The third kappa shape index (κ3) is 4.99. The molecule has 39 heavy (non-hydrogen) atoms. The number of aromatic nitrogens is 1. The van der Waals surface area contributed by atoms with Crippen LogP contribution in [0, 0.1) is 5.82 Å². The minimum Gasteiger partial charge on any atom is -0.492 e. The molecule has 6 rings (SSSR count). The first-order valence-corrected chi connectivity index (χ1v) is 13.3. The Balaban J connectivity index is 1.15. The van der Waals surface area contributed by atoms with Gasteiger partial charge in [-0.1, -0.05) is 11.6 Å². The molecule has 1 aromatic heterocycles. The summed E-state index contributed by atoms with van der Waals surface area (Å²) in [5.74, 6) is 0.428. The Labute approximate surface area is 230 Å². The summed E-state index contributed by atoms with van der Waals surface area (Å²) in [5.41, 5.74) is 14.1. The number of fused-ring (bicyclic) bond motifs is 2. The molecule has 12 heteroatoms. The summed E-state index contributed by atoms with van der Waals surface area (Å²) in [5, 5.41) is 15.7. The van der Waals surface area contributed by atoms with E-state index in [1.165, 1.54) is 17.7 Å². The number of benzene rings is 1. The zero-order chi connectivity index (χ0) is 27.1. The fraction of sp³-hybridized carbons (Fsp3) is 0.333. The number of nitrogens with zero attached hydrogens (tertiary/aromatic N) is 3.